The van der Waals surface area contributed by atoms with E-state index in [1.807, 2.05) is 6.08 Å². The van der Waals surface area contributed by atoms with E-state index in [4.69, 9.17) is 0 Å². The first-order chi connectivity index (χ1) is 15.0. The average molecular weight is 412 g/mol. The Hall–Kier alpha value is -2.64. The third kappa shape index (κ3) is 5.35. The molecular formula is C30H37N. The van der Waals surface area contributed by atoms with E-state index in [2.05, 4.69) is 101 Å². The normalized spacial score (nSPS) is 11.2. The minimum Gasteiger partial charge on any atom is -0.309 e. The molecule has 0 aliphatic heterocycles. The maximum atomic E-state index is 4.15. The lowest BCUT2D eigenvalue weighted by molar-refractivity contribution is 0.400. The minimum absolute atomic E-state index is 1.08. The first-order valence-corrected chi connectivity index (χ1v) is 11.5. The van der Waals surface area contributed by atoms with Crippen LogP contribution in [0.4, 0.5) is 0 Å². The van der Waals surface area contributed by atoms with Crippen LogP contribution in [-0.2, 0) is 12.8 Å². The Kier molecular flexibility index (Phi) is 7.87. The van der Waals surface area contributed by atoms with Crippen LogP contribution in [0.1, 0.15) is 47.6 Å². The summed E-state index contributed by atoms with van der Waals surface area (Å²) in [7, 11) is 4.30. The fourth-order valence-electron chi connectivity index (χ4n) is 4.63. The van der Waals surface area contributed by atoms with Gasteiger partial charge in [-0.25, -0.2) is 0 Å². The smallest absolute Gasteiger partial charge is 0.00217 e. The quantitative estimate of drug-likeness (QED) is 0.348. The zero-order chi connectivity index (χ0) is 22.4. The minimum atomic E-state index is 1.08. The van der Waals surface area contributed by atoms with Crippen molar-refractivity contribution in [3.8, 4) is 22.3 Å². The Labute approximate surface area is 189 Å². The molecule has 0 aliphatic rings. The van der Waals surface area contributed by atoms with E-state index in [1.165, 1.54) is 50.1 Å². The number of rotatable bonds is 9. The van der Waals surface area contributed by atoms with Crippen molar-refractivity contribution >= 4 is 6.08 Å². The Bertz CT molecular complexity index is 1040. The molecule has 0 saturated carbocycles. The van der Waals surface area contributed by atoms with Crippen molar-refractivity contribution in [3.63, 3.8) is 0 Å². The monoisotopic (exact) mass is 411 g/mol. The van der Waals surface area contributed by atoms with Gasteiger partial charge in [0.25, 0.3) is 0 Å². The second-order valence-corrected chi connectivity index (χ2v) is 8.88. The molecule has 0 N–H and O–H groups in total. The summed E-state index contributed by atoms with van der Waals surface area (Å²) in [5, 5.41) is 0. The molecule has 3 aromatic rings. The second-order valence-electron chi connectivity index (χ2n) is 8.88. The van der Waals surface area contributed by atoms with Crippen LogP contribution in [0.3, 0.4) is 0 Å². The summed E-state index contributed by atoms with van der Waals surface area (Å²) in [5.74, 6) is 0. The standard InChI is InChI=1S/C30H37N/c1-7-13-24-15-11-18-29(27(24)8-2)26-20-23(4)30(28-17-10-9-14-22(28)3)25(21-26)16-12-19-31(5)6/h8-11,14-15,17-18,20-21H,2,7,12-13,16,19H2,1,3-6H3. The Morgan fingerprint density at radius 3 is 2.26 bits per heavy atom. The predicted octanol–water partition coefficient (Wildman–Crippen LogP) is 7.73. The van der Waals surface area contributed by atoms with Crippen LogP contribution in [0.2, 0.25) is 0 Å². The van der Waals surface area contributed by atoms with Crippen LogP contribution in [0.5, 0.6) is 0 Å². The van der Waals surface area contributed by atoms with Crippen LogP contribution in [-0.4, -0.2) is 25.5 Å². The van der Waals surface area contributed by atoms with Gasteiger partial charge in [0.15, 0.2) is 0 Å². The Morgan fingerprint density at radius 2 is 1.58 bits per heavy atom. The molecule has 0 aliphatic carbocycles. The topological polar surface area (TPSA) is 3.24 Å². The molecule has 1 heteroatoms. The third-order valence-corrected chi connectivity index (χ3v) is 6.11. The largest absolute Gasteiger partial charge is 0.309 e. The van der Waals surface area contributed by atoms with E-state index in [1.54, 1.807) is 0 Å². The zero-order valence-corrected chi connectivity index (χ0v) is 20.0. The highest BCUT2D eigenvalue weighted by Crippen LogP contribution is 2.37. The van der Waals surface area contributed by atoms with Gasteiger partial charge in [-0.3, -0.25) is 0 Å². The van der Waals surface area contributed by atoms with E-state index in [9.17, 15) is 0 Å². The first-order valence-electron chi connectivity index (χ1n) is 11.5. The van der Waals surface area contributed by atoms with Gasteiger partial charge < -0.3 is 4.90 Å². The van der Waals surface area contributed by atoms with Crippen molar-refractivity contribution in [1.29, 1.82) is 0 Å². The van der Waals surface area contributed by atoms with Crippen molar-refractivity contribution in [2.45, 2.75) is 46.5 Å². The highest BCUT2D eigenvalue weighted by atomic mass is 15.0. The molecule has 0 amide bonds. The number of hydrogen-bond donors (Lipinski definition) is 0. The van der Waals surface area contributed by atoms with Gasteiger partial charge in [0, 0.05) is 0 Å². The summed E-state index contributed by atoms with van der Waals surface area (Å²) in [5.41, 5.74) is 12.2. The molecule has 0 bridgehead atoms. The van der Waals surface area contributed by atoms with Crippen molar-refractivity contribution in [1.82, 2.24) is 4.90 Å². The molecular weight excluding hydrogens is 374 g/mol. The van der Waals surface area contributed by atoms with E-state index in [0.29, 0.717) is 0 Å². The molecule has 0 spiro atoms. The molecule has 3 aromatic carbocycles. The van der Waals surface area contributed by atoms with Gasteiger partial charge in [-0.1, -0.05) is 80.6 Å². The van der Waals surface area contributed by atoms with Crippen LogP contribution in [0.15, 0.2) is 61.2 Å². The van der Waals surface area contributed by atoms with Gasteiger partial charge in [0.1, 0.15) is 0 Å². The van der Waals surface area contributed by atoms with Crippen LogP contribution in [0, 0.1) is 13.8 Å². The Morgan fingerprint density at radius 1 is 0.839 bits per heavy atom. The van der Waals surface area contributed by atoms with Crippen molar-refractivity contribution in [2.24, 2.45) is 0 Å². The van der Waals surface area contributed by atoms with E-state index >= 15 is 0 Å². The van der Waals surface area contributed by atoms with Crippen molar-refractivity contribution in [3.05, 3.63) is 89.0 Å². The number of aryl methyl sites for hydroxylation is 4. The Balaban J connectivity index is 2.16. The molecule has 31 heavy (non-hydrogen) atoms. The van der Waals surface area contributed by atoms with Crippen molar-refractivity contribution in [2.75, 3.05) is 20.6 Å². The van der Waals surface area contributed by atoms with Crippen LogP contribution < -0.4 is 0 Å². The fourth-order valence-corrected chi connectivity index (χ4v) is 4.63. The number of benzene rings is 3. The molecule has 0 saturated heterocycles. The van der Waals surface area contributed by atoms with Gasteiger partial charge in [0.05, 0.1) is 0 Å². The summed E-state index contributed by atoms with van der Waals surface area (Å²) in [4.78, 5) is 2.27. The molecule has 3 rings (SSSR count). The lowest BCUT2D eigenvalue weighted by Gasteiger charge is -2.20. The summed E-state index contributed by atoms with van der Waals surface area (Å²) in [6.07, 6.45) is 6.50. The summed E-state index contributed by atoms with van der Waals surface area (Å²) < 4.78 is 0. The molecule has 0 radical (unpaired) electrons. The maximum Gasteiger partial charge on any atom is -0.00217 e. The highest BCUT2D eigenvalue weighted by Gasteiger charge is 2.15. The number of nitrogens with zero attached hydrogens (tertiary/aromatic N) is 1. The lowest BCUT2D eigenvalue weighted by atomic mass is 9.85. The van der Waals surface area contributed by atoms with Gasteiger partial charge in [-0.15, -0.1) is 0 Å². The van der Waals surface area contributed by atoms with Gasteiger partial charge in [-0.05, 0) is 104 Å². The van der Waals surface area contributed by atoms with Gasteiger partial charge in [-0.2, -0.15) is 0 Å². The highest BCUT2D eigenvalue weighted by molar-refractivity contribution is 5.82. The summed E-state index contributed by atoms with van der Waals surface area (Å²) in [6.45, 7) is 12.0. The van der Waals surface area contributed by atoms with Crippen LogP contribution >= 0.6 is 0 Å². The molecule has 0 fully saturated rings. The molecule has 0 unspecified atom stereocenters. The first kappa shape index (κ1) is 23.0. The molecule has 0 heterocycles. The predicted molar refractivity (Wildman–Crippen MR) is 138 cm³/mol. The van der Waals surface area contributed by atoms with Gasteiger partial charge in [0.2, 0.25) is 0 Å². The third-order valence-electron chi connectivity index (χ3n) is 6.11. The molecule has 1 nitrogen and oxygen atoms in total. The number of hydrogen-bond acceptors (Lipinski definition) is 1. The second kappa shape index (κ2) is 10.6. The lowest BCUT2D eigenvalue weighted by Crippen LogP contribution is -2.13. The SMILES string of the molecule is C=Cc1c(CCC)cccc1-c1cc(C)c(-c2ccccc2C)c(CCCN(C)C)c1. The van der Waals surface area contributed by atoms with Gasteiger partial charge >= 0.3 is 0 Å². The maximum absolute atomic E-state index is 4.15. The molecule has 0 aromatic heterocycles. The molecule has 162 valence electrons. The molecule has 0 atom stereocenters. The summed E-state index contributed by atoms with van der Waals surface area (Å²) >= 11 is 0. The zero-order valence-electron chi connectivity index (χ0n) is 20.0. The van der Waals surface area contributed by atoms with Crippen LogP contribution in [0.25, 0.3) is 28.3 Å². The summed E-state index contributed by atoms with van der Waals surface area (Å²) in [6, 6.07) is 20.3. The van der Waals surface area contributed by atoms with E-state index < -0.39 is 0 Å². The van der Waals surface area contributed by atoms with E-state index in [0.717, 1.165) is 32.2 Å². The fraction of sp³-hybridized carbons (Fsp3) is 0.333. The van der Waals surface area contributed by atoms with E-state index in [-0.39, 0.29) is 0 Å². The average Bonchev–Trinajstić information content (AvgIpc) is 2.74. The van der Waals surface area contributed by atoms with Crippen molar-refractivity contribution < 1.29 is 0 Å².